The molecule has 1 aliphatic rings. The average Bonchev–Trinajstić information content (AvgIpc) is 2.99. The molecule has 144 valence electrons. The number of nitrogens with one attached hydrogen (secondary N) is 1. The number of fused-ring (bicyclic) bond motifs is 2. The topological polar surface area (TPSA) is 96.3 Å². The number of carbonyl (C=O) groups excluding carboxylic acids is 1. The first-order valence-corrected chi connectivity index (χ1v) is 9.02. The summed E-state index contributed by atoms with van der Waals surface area (Å²) in [5.74, 6) is 0.403. The SMILES string of the molecule is CC(C)(C)c1ccc2c(c1)O[C@@H](C(=O)N=Nc1c(O)[nH]c3ccccc13)CO2. The van der Waals surface area contributed by atoms with Crippen LogP contribution < -0.4 is 9.47 Å². The number of azo groups is 1. The molecule has 7 nitrogen and oxygen atoms in total. The number of aromatic amines is 1. The van der Waals surface area contributed by atoms with E-state index in [1.807, 2.05) is 30.3 Å². The van der Waals surface area contributed by atoms with Gasteiger partial charge in [-0.3, -0.25) is 4.79 Å². The molecule has 0 saturated carbocycles. The number of H-pyrrole nitrogens is 1. The number of hydrogen-bond donors (Lipinski definition) is 2. The molecule has 2 N–H and O–H groups in total. The molecule has 0 radical (unpaired) electrons. The molecule has 2 heterocycles. The van der Waals surface area contributed by atoms with Crippen molar-refractivity contribution in [1.82, 2.24) is 4.98 Å². The maximum atomic E-state index is 12.5. The van der Waals surface area contributed by atoms with Gasteiger partial charge in [-0.2, -0.15) is 0 Å². The molecule has 28 heavy (non-hydrogen) atoms. The standard InChI is InChI=1S/C21H21N3O4/c1-21(2,3)12-8-9-15-16(10-12)28-17(11-27-15)19(25)24-23-18-13-6-4-5-7-14(13)22-20(18)26/h4-10,17,22,26H,11H2,1-3H3/t17-/m1/s1. The third kappa shape index (κ3) is 3.31. The number of benzene rings is 2. The van der Waals surface area contributed by atoms with E-state index in [4.69, 9.17) is 9.47 Å². The van der Waals surface area contributed by atoms with E-state index < -0.39 is 12.0 Å². The molecule has 3 aromatic rings. The highest BCUT2D eigenvalue weighted by molar-refractivity contribution is 5.94. The molecule has 4 rings (SSSR count). The Hall–Kier alpha value is -3.35. The number of ether oxygens (including phenoxy) is 2. The van der Waals surface area contributed by atoms with Crippen molar-refractivity contribution in [1.29, 1.82) is 0 Å². The Morgan fingerprint density at radius 3 is 2.75 bits per heavy atom. The van der Waals surface area contributed by atoms with Gasteiger partial charge in [-0.15, -0.1) is 10.2 Å². The lowest BCUT2D eigenvalue weighted by atomic mass is 9.87. The van der Waals surface area contributed by atoms with E-state index in [1.54, 1.807) is 12.1 Å². The average molecular weight is 379 g/mol. The molecule has 0 aliphatic carbocycles. The number of amides is 1. The Morgan fingerprint density at radius 1 is 1.18 bits per heavy atom. The normalized spacial score (nSPS) is 16.6. The van der Waals surface area contributed by atoms with E-state index in [-0.39, 0.29) is 23.6 Å². The first-order chi connectivity index (χ1) is 13.3. The van der Waals surface area contributed by atoms with Gasteiger partial charge in [0.1, 0.15) is 6.61 Å². The lowest BCUT2D eigenvalue weighted by molar-refractivity contribution is -0.127. The Morgan fingerprint density at radius 2 is 1.96 bits per heavy atom. The number of rotatable bonds is 2. The zero-order valence-electron chi connectivity index (χ0n) is 15.9. The second-order valence-electron chi connectivity index (χ2n) is 7.74. The molecular weight excluding hydrogens is 358 g/mol. The van der Waals surface area contributed by atoms with Gasteiger partial charge >= 0.3 is 5.91 Å². The van der Waals surface area contributed by atoms with Gasteiger partial charge in [0.25, 0.3) is 0 Å². The van der Waals surface area contributed by atoms with Gasteiger partial charge in [0, 0.05) is 5.39 Å². The van der Waals surface area contributed by atoms with Crippen LogP contribution >= 0.6 is 0 Å². The molecule has 7 heteroatoms. The Labute approximate surface area is 162 Å². The fourth-order valence-corrected chi connectivity index (χ4v) is 3.04. The van der Waals surface area contributed by atoms with Crippen molar-refractivity contribution in [3.63, 3.8) is 0 Å². The van der Waals surface area contributed by atoms with Crippen LogP contribution in [0.5, 0.6) is 17.4 Å². The monoisotopic (exact) mass is 379 g/mol. The smallest absolute Gasteiger partial charge is 0.308 e. The second kappa shape index (κ2) is 6.67. The van der Waals surface area contributed by atoms with Gasteiger partial charge in [-0.1, -0.05) is 45.0 Å². The highest BCUT2D eigenvalue weighted by Crippen LogP contribution is 2.37. The Kier molecular flexibility index (Phi) is 4.30. The number of aromatic hydroxyl groups is 1. The Balaban J connectivity index is 1.55. The summed E-state index contributed by atoms with van der Waals surface area (Å²) in [6.07, 6.45) is -0.890. The Bertz CT molecular complexity index is 1080. The van der Waals surface area contributed by atoms with Crippen LogP contribution in [0.2, 0.25) is 0 Å². The third-order valence-corrected chi connectivity index (χ3v) is 4.65. The van der Waals surface area contributed by atoms with Gasteiger partial charge in [0.2, 0.25) is 12.0 Å². The van der Waals surface area contributed by atoms with Gasteiger partial charge in [-0.05, 0) is 29.2 Å². The first kappa shape index (κ1) is 18.0. The predicted octanol–water partition coefficient (Wildman–Crippen LogP) is 4.62. The second-order valence-corrected chi connectivity index (χ2v) is 7.74. The summed E-state index contributed by atoms with van der Waals surface area (Å²) in [4.78, 5) is 15.3. The third-order valence-electron chi connectivity index (χ3n) is 4.65. The zero-order valence-corrected chi connectivity index (χ0v) is 15.9. The van der Waals surface area contributed by atoms with Crippen molar-refractivity contribution >= 4 is 22.5 Å². The molecule has 1 aromatic heterocycles. The zero-order chi connectivity index (χ0) is 19.9. The molecule has 1 atom stereocenters. The molecule has 0 bridgehead atoms. The summed E-state index contributed by atoms with van der Waals surface area (Å²) in [7, 11) is 0. The van der Waals surface area contributed by atoms with Crippen LogP contribution in [0.25, 0.3) is 10.9 Å². The van der Waals surface area contributed by atoms with Crippen LogP contribution in [-0.4, -0.2) is 28.7 Å². The van der Waals surface area contributed by atoms with Crippen LogP contribution in [0.1, 0.15) is 26.3 Å². The van der Waals surface area contributed by atoms with E-state index in [2.05, 4.69) is 36.0 Å². The first-order valence-electron chi connectivity index (χ1n) is 9.02. The summed E-state index contributed by atoms with van der Waals surface area (Å²) in [6.45, 7) is 6.36. The van der Waals surface area contributed by atoms with Gasteiger partial charge in [0.05, 0.1) is 5.52 Å². The van der Waals surface area contributed by atoms with Crippen molar-refractivity contribution in [2.45, 2.75) is 32.3 Å². The summed E-state index contributed by atoms with van der Waals surface area (Å²) >= 11 is 0. The van der Waals surface area contributed by atoms with Crippen LogP contribution in [0, 0.1) is 0 Å². The van der Waals surface area contributed by atoms with Gasteiger partial charge in [-0.25, -0.2) is 0 Å². The number of aromatic nitrogens is 1. The van der Waals surface area contributed by atoms with E-state index in [1.165, 1.54) is 0 Å². The molecule has 0 saturated heterocycles. The fraction of sp³-hybridized carbons (Fsp3) is 0.286. The summed E-state index contributed by atoms with van der Waals surface area (Å²) in [5.41, 5.74) is 1.95. The molecule has 2 aromatic carbocycles. The van der Waals surface area contributed by atoms with E-state index in [0.717, 1.165) is 5.56 Å². The summed E-state index contributed by atoms with van der Waals surface area (Å²) in [6, 6.07) is 13.0. The van der Waals surface area contributed by atoms with Crippen LogP contribution in [0.15, 0.2) is 52.7 Å². The summed E-state index contributed by atoms with van der Waals surface area (Å²) < 4.78 is 11.5. The number of hydrogen-bond acceptors (Lipinski definition) is 5. The van der Waals surface area contributed by atoms with Crippen molar-refractivity contribution in [3.8, 4) is 17.4 Å². The predicted molar refractivity (Wildman–Crippen MR) is 105 cm³/mol. The van der Waals surface area contributed by atoms with E-state index >= 15 is 0 Å². The maximum Gasteiger partial charge on any atom is 0.308 e. The molecule has 0 unspecified atom stereocenters. The van der Waals surface area contributed by atoms with E-state index in [0.29, 0.717) is 22.4 Å². The van der Waals surface area contributed by atoms with Gasteiger partial charge in [0.15, 0.2) is 17.2 Å². The lowest BCUT2D eigenvalue weighted by Gasteiger charge is -2.27. The van der Waals surface area contributed by atoms with Crippen LogP contribution in [0.3, 0.4) is 0 Å². The quantitative estimate of drug-likeness (QED) is 0.635. The van der Waals surface area contributed by atoms with Crippen LogP contribution in [-0.2, 0) is 10.2 Å². The highest BCUT2D eigenvalue weighted by Gasteiger charge is 2.29. The molecule has 1 aliphatic heterocycles. The summed E-state index contributed by atoms with van der Waals surface area (Å²) in [5, 5.41) is 18.4. The molecule has 1 amide bonds. The minimum atomic E-state index is -0.890. The minimum absolute atomic E-state index is 0.0537. The lowest BCUT2D eigenvalue weighted by Crippen LogP contribution is -2.35. The highest BCUT2D eigenvalue weighted by atomic mass is 16.6. The van der Waals surface area contributed by atoms with Crippen molar-refractivity contribution in [2.24, 2.45) is 10.2 Å². The molecule has 0 fully saturated rings. The van der Waals surface area contributed by atoms with Gasteiger partial charge < -0.3 is 19.6 Å². The van der Waals surface area contributed by atoms with Crippen molar-refractivity contribution in [3.05, 3.63) is 48.0 Å². The number of nitrogens with zero attached hydrogens (tertiary/aromatic N) is 2. The largest absolute Gasteiger partial charge is 0.493 e. The molecule has 0 spiro atoms. The maximum absolute atomic E-state index is 12.5. The number of carbonyl (C=O) groups is 1. The van der Waals surface area contributed by atoms with Crippen molar-refractivity contribution in [2.75, 3.05) is 6.61 Å². The molecular formula is C21H21N3O4. The van der Waals surface area contributed by atoms with Crippen molar-refractivity contribution < 1.29 is 19.4 Å². The fourth-order valence-electron chi connectivity index (χ4n) is 3.04. The van der Waals surface area contributed by atoms with Crippen LogP contribution in [0.4, 0.5) is 5.69 Å². The number of para-hydroxylation sites is 1. The van der Waals surface area contributed by atoms with E-state index in [9.17, 15) is 9.90 Å². The minimum Gasteiger partial charge on any atom is -0.493 e.